The highest BCUT2D eigenvalue weighted by Gasteiger charge is 2.11. The Kier molecular flexibility index (Phi) is 4.43. The number of methoxy groups -OCH3 is 1. The molecule has 3 aromatic rings. The fraction of sp³-hybridized carbons (Fsp3) is 0.188. The molecule has 0 saturated carbocycles. The lowest BCUT2D eigenvalue weighted by molar-refractivity contribution is -0.120. The zero-order chi connectivity index (χ0) is 16.2. The molecule has 0 aliphatic carbocycles. The van der Waals surface area contributed by atoms with Crippen molar-refractivity contribution in [3.8, 4) is 5.75 Å². The van der Waals surface area contributed by atoms with Gasteiger partial charge in [-0.1, -0.05) is 17.7 Å². The number of ether oxygens (including phenoxy) is 1. The Morgan fingerprint density at radius 1 is 1.30 bits per heavy atom. The second-order valence-corrected chi connectivity index (χ2v) is 5.39. The van der Waals surface area contributed by atoms with Crippen molar-refractivity contribution in [2.24, 2.45) is 0 Å². The number of benzene rings is 1. The van der Waals surface area contributed by atoms with E-state index in [1.54, 1.807) is 25.3 Å². The highest BCUT2D eigenvalue weighted by Crippen LogP contribution is 2.23. The van der Waals surface area contributed by atoms with Crippen LogP contribution in [-0.2, 0) is 17.8 Å². The Labute approximate surface area is 138 Å². The van der Waals surface area contributed by atoms with Gasteiger partial charge in [0, 0.05) is 16.8 Å². The van der Waals surface area contributed by atoms with E-state index in [1.807, 2.05) is 28.8 Å². The average Bonchev–Trinajstić information content (AvgIpc) is 2.96. The number of hydrogen-bond donors (Lipinski definition) is 1. The molecule has 1 aromatic carbocycles. The van der Waals surface area contributed by atoms with Gasteiger partial charge < -0.3 is 10.1 Å². The van der Waals surface area contributed by atoms with Crippen molar-refractivity contribution in [3.63, 3.8) is 0 Å². The molecule has 0 saturated heterocycles. The molecule has 0 atom stereocenters. The molecule has 3 rings (SSSR count). The molecule has 6 nitrogen and oxygen atoms in total. The summed E-state index contributed by atoms with van der Waals surface area (Å²) in [5, 5.41) is 11.5. The van der Waals surface area contributed by atoms with Crippen LogP contribution in [0.3, 0.4) is 0 Å². The molecule has 0 fully saturated rings. The highest BCUT2D eigenvalue weighted by molar-refractivity contribution is 6.30. The summed E-state index contributed by atoms with van der Waals surface area (Å²) in [6, 6.07) is 10.8. The van der Waals surface area contributed by atoms with Crippen molar-refractivity contribution in [2.75, 3.05) is 7.11 Å². The molecule has 0 spiro atoms. The molecule has 7 heteroatoms. The van der Waals surface area contributed by atoms with Crippen molar-refractivity contribution < 1.29 is 9.53 Å². The van der Waals surface area contributed by atoms with Gasteiger partial charge in [0.25, 0.3) is 0 Å². The Morgan fingerprint density at radius 2 is 2.17 bits per heavy atom. The first-order valence-electron chi connectivity index (χ1n) is 7.05. The third-order valence-corrected chi connectivity index (χ3v) is 3.66. The Bertz CT molecular complexity index is 847. The second-order valence-electron chi connectivity index (χ2n) is 4.95. The van der Waals surface area contributed by atoms with Crippen LogP contribution in [0.25, 0.3) is 5.65 Å². The number of amides is 1. The van der Waals surface area contributed by atoms with E-state index in [4.69, 9.17) is 16.3 Å². The molecule has 2 aromatic heterocycles. The van der Waals surface area contributed by atoms with Gasteiger partial charge >= 0.3 is 0 Å². The summed E-state index contributed by atoms with van der Waals surface area (Å²) in [6.45, 7) is 0.299. The van der Waals surface area contributed by atoms with E-state index >= 15 is 0 Å². The monoisotopic (exact) mass is 330 g/mol. The van der Waals surface area contributed by atoms with Gasteiger partial charge in [0.05, 0.1) is 20.1 Å². The normalized spacial score (nSPS) is 10.7. The Hall–Kier alpha value is -2.60. The van der Waals surface area contributed by atoms with E-state index in [0.717, 1.165) is 11.2 Å². The predicted molar refractivity (Wildman–Crippen MR) is 86.5 cm³/mol. The van der Waals surface area contributed by atoms with E-state index in [2.05, 4.69) is 15.5 Å². The van der Waals surface area contributed by atoms with Crippen molar-refractivity contribution in [3.05, 3.63) is 59.0 Å². The summed E-state index contributed by atoms with van der Waals surface area (Å²) in [7, 11) is 1.56. The van der Waals surface area contributed by atoms with E-state index in [1.165, 1.54) is 0 Å². The van der Waals surface area contributed by atoms with Gasteiger partial charge in [-0.15, -0.1) is 10.2 Å². The van der Waals surface area contributed by atoms with Crippen LogP contribution in [0, 0.1) is 0 Å². The largest absolute Gasteiger partial charge is 0.496 e. The van der Waals surface area contributed by atoms with Gasteiger partial charge in [0.1, 0.15) is 5.75 Å². The molecular formula is C16H15ClN4O2. The smallest absolute Gasteiger partial charge is 0.224 e. The van der Waals surface area contributed by atoms with Crippen LogP contribution in [0.5, 0.6) is 5.75 Å². The first-order chi connectivity index (χ1) is 11.2. The summed E-state index contributed by atoms with van der Waals surface area (Å²) in [4.78, 5) is 12.2. The van der Waals surface area contributed by atoms with Gasteiger partial charge in [-0.25, -0.2) is 0 Å². The molecular weight excluding hydrogens is 316 g/mol. The van der Waals surface area contributed by atoms with Gasteiger partial charge in [-0.05, 0) is 30.3 Å². The van der Waals surface area contributed by atoms with Crippen molar-refractivity contribution >= 4 is 23.2 Å². The second kappa shape index (κ2) is 6.66. The standard InChI is InChI=1S/C16H15ClN4O2/c1-23-13-6-5-12(17)8-11(13)9-16(22)18-10-15-20-19-14-4-2-3-7-21(14)15/h2-8H,9-10H2,1H3,(H,18,22). The zero-order valence-electron chi connectivity index (χ0n) is 12.5. The van der Waals surface area contributed by atoms with Crippen molar-refractivity contribution in [2.45, 2.75) is 13.0 Å². The predicted octanol–water partition coefficient (Wildman–Crippen LogP) is 2.25. The topological polar surface area (TPSA) is 68.5 Å². The minimum atomic E-state index is -0.141. The SMILES string of the molecule is COc1ccc(Cl)cc1CC(=O)NCc1nnc2ccccn12. The van der Waals surface area contributed by atoms with E-state index < -0.39 is 0 Å². The third-order valence-electron chi connectivity index (χ3n) is 3.42. The van der Waals surface area contributed by atoms with Crippen LogP contribution in [-0.4, -0.2) is 27.6 Å². The number of carbonyl (C=O) groups is 1. The molecule has 1 amide bonds. The van der Waals surface area contributed by atoms with Crippen LogP contribution >= 0.6 is 11.6 Å². The summed E-state index contributed by atoms with van der Waals surface area (Å²) in [5.41, 5.74) is 1.48. The number of nitrogens with zero attached hydrogens (tertiary/aromatic N) is 3. The highest BCUT2D eigenvalue weighted by atomic mass is 35.5. The fourth-order valence-electron chi connectivity index (χ4n) is 2.31. The fourth-order valence-corrected chi connectivity index (χ4v) is 2.50. The third kappa shape index (κ3) is 3.43. The molecule has 0 radical (unpaired) electrons. The van der Waals surface area contributed by atoms with E-state index in [9.17, 15) is 4.79 Å². The quantitative estimate of drug-likeness (QED) is 0.779. The minimum Gasteiger partial charge on any atom is -0.496 e. The molecule has 2 heterocycles. The molecule has 0 bridgehead atoms. The van der Waals surface area contributed by atoms with E-state index in [-0.39, 0.29) is 12.3 Å². The van der Waals surface area contributed by atoms with Crippen LogP contribution < -0.4 is 10.1 Å². The summed E-state index contributed by atoms with van der Waals surface area (Å²) < 4.78 is 7.08. The molecule has 0 aliphatic rings. The zero-order valence-corrected chi connectivity index (χ0v) is 13.2. The molecule has 0 aliphatic heterocycles. The summed E-state index contributed by atoms with van der Waals surface area (Å²) >= 11 is 5.97. The average molecular weight is 331 g/mol. The number of rotatable bonds is 5. The maximum Gasteiger partial charge on any atom is 0.224 e. The summed E-state index contributed by atoms with van der Waals surface area (Å²) in [6.07, 6.45) is 2.04. The van der Waals surface area contributed by atoms with Gasteiger partial charge in [-0.2, -0.15) is 0 Å². The lowest BCUT2D eigenvalue weighted by Gasteiger charge is -2.09. The molecule has 1 N–H and O–H groups in total. The van der Waals surface area contributed by atoms with Crippen LogP contribution in [0.15, 0.2) is 42.6 Å². The number of hydrogen-bond acceptors (Lipinski definition) is 4. The van der Waals surface area contributed by atoms with Gasteiger partial charge in [-0.3, -0.25) is 9.20 Å². The molecule has 23 heavy (non-hydrogen) atoms. The van der Waals surface area contributed by atoms with Crippen LogP contribution in [0.1, 0.15) is 11.4 Å². The maximum atomic E-state index is 12.2. The van der Waals surface area contributed by atoms with Gasteiger partial charge in [0.2, 0.25) is 5.91 Å². The van der Waals surface area contributed by atoms with Crippen LogP contribution in [0.2, 0.25) is 5.02 Å². The minimum absolute atomic E-state index is 0.141. The number of halogens is 1. The Balaban J connectivity index is 1.67. The maximum absolute atomic E-state index is 12.2. The number of carbonyl (C=O) groups excluding carboxylic acids is 1. The number of aromatic nitrogens is 3. The lowest BCUT2D eigenvalue weighted by atomic mass is 10.1. The molecule has 0 unspecified atom stereocenters. The number of pyridine rings is 1. The Morgan fingerprint density at radius 3 is 3.00 bits per heavy atom. The first kappa shape index (κ1) is 15.3. The summed E-state index contributed by atoms with van der Waals surface area (Å²) in [5.74, 6) is 1.17. The number of fused-ring (bicyclic) bond motifs is 1. The van der Waals surface area contributed by atoms with Crippen molar-refractivity contribution in [1.29, 1.82) is 0 Å². The first-order valence-corrected chi connectivity index (χ1v) is 7.43. The lowest BCUT2D eigenvalue weighted by Crippen LogP contribution is -2.25. The van der Waals surface area contributed by atoms with Gasteiger partial charge in [0.15, 0.2) is 11.5 Å². The van der Waals surface area contributed by atoms with Crippen LogP contribution in [0.4, 0.5) is 0 Å². The van der Waals surface area contributed by atoms with E-state index in [0.29, 0.717) is 23.1 Å². The number of nitrogens with one attached hydrogen (secondary N) is 1. The molecule has 118 valence electrons. The van der Waals surface area contributed by atoms with Crippen molar-refractivity contribution in [1.82, 2.24) is 19.9 Å².